The predicted octanol–water partition coefficient (Wildman–Crippen LogP) is 3.04. The molecule has 1 aromatic carbocycles. The first-order chi connectivity index (χ1) is 11.2. The quantitative estimate of drug-likeness (QED) is 0.863. The Balaban J connectivity index is 1.69. The first-order valence-electron chi connectivity index (χ1n) is 7.38. The summed E-state index contributed by atoms with van der Waals surface area (Å²) >= 11 is 6.00. The Kier molecular flexibility index (Phi) is 4.67. The van der Waals surface area contributed by atoms with Crippen LogP contribution >= 0.6 is 11.6 Å². The summed E-state index contributed by atoms with van der Waals surface area (Å²) in [4.78, 5) is 18.6. The van der Waals surface area contributed by atoms with Crippen molar-refractivity contribution in [3.8, 4) is 11.6 Å². The molecule has 5 nitrogen and oxygen atoms in total. The third kappa shape index (κ3) is 3.56. The Morgan fingerprint density at radius 1 is 1.35 bits per heavy atom. The van der Waals surface area contributed by atoms with Gasteiger partial charge < -0.3 is 14.4 Å². The minimum atomic E-state index is -0.100. The van der Waals surface area contributed by atoms with Crippen LogP contribution in [-0.4, -0.2) is 42.1 Å². The molecule has 0 N–H and O–H groups in total. The van der Waals surface area contributed by atoms with Gasteiger partial charge in [-0.1, -0.05) is 17.7 Å². The van der Waals surface area contributed by atoms with E-state index in [1.807, 2.05) is 18.2 Å². The Hall–Kier alpha value is -2.27. The van der Waals surface area contributed by atoms with Crippen molar-refractivity contribution in [2.45, 2.75) is 12.5 Å². The molecule has 1 amide bonds. The maximum absolute atomic E-state index is 12.7. The molecule has 1 aromatic heterocycles. The first kappa shape index (κ1) is 15.6. The molecule has 3 rings (SSSR count). The molecule has 1 fully saturated rings. The van der Waals surface area contributed by atoms with Gasteiger partial charge in [0.15, 0.2) is 0 Å². The largest absolute Gasteiger partial charge is 0.496 e. The summed E-state index contributed by atoms with van der Waals surface area (Å²) in [5.74, 6) is 0.997. The fourth-order valence-electron chi connectivity index (χ4n) is 2.61. The van der Waals surface area contributed by atoms with Gasteiger partial charge in [0.05, 0.1) is 19.2 Å². The van der Waals surface area contributed by atoms with Crippen molar-refractivity contribution in [2.75, 3.05) is 20.2 Å². The van der Waals surface area contributed by atoms with Crippen molar-refractivity contribution in [1.29, 1.82) is 0 Å². The molecule has 1 unspecified atom stereocenters. The van der Waals surface area contributed by atoms with E-state index in [2.05, 4.69) is 4.98 Å². The predicted molar refractivity (Wildman–Crippen MR) is 87.2 cm³/mol. The van der Waals surface area contributed by atoms with Crippen LogP contribution in [0.5, 0.6) is 11.6 Å². The smallest absolute Gasteiger partial charge is 0.257 e. The Bertz CT molecular complexity index is 693. The molecule has 120 valence electrons. The molecular formula is C17H17ClN2O3. The molecule has 1 aliphatic heterocycles. The highest BCUT2D eigenvalue weighted by molar-refractivity contribution is 6.31. The molecule has 6 heteroatoms. The lowest BCUT2D eigenvalue weighted by atomic mass is 10.1. The van der Waals surface area contributed by atoms with Gasteiger partial charge in [-0.15, -0.1) is 0 Å². The molecular weight excluding hydrogens is 316 g/mol. The van der Waals surface area contributed by atoms with Crippen molar-refractivity contribution in [1.82, 2.24) is 9.88 Å². The maximum Gasteiger partial charge on any atom is 0.257 e. The summed E-state index contributed by atoms with van der Waals surface area (Å²) in [6.07, 6.45) is 2.40. The van der Waals surface area contributed by atoms with Crippen LogP contribution in [0.1, 0.15) is 16.8 Å². The monoisotopic (exact) mass is 332 g/mol. The van der Waals surface area contributed by atoms with Crippen LogP contribution in [0.15, 0.2) is 42.6 Å². The zero-order valence-corrected chi connectivity index (χ0v) is 13.5. The number of methoxy groups -OCH3 is 1. The second kappa shape index (κ2) is 6.87. The standard InChI is InChI=1S/C17H17ClN2O3/c1-22-15-6-5-12(18)10-14(15)17(21)20-9-7-13(11-20)23-16-4-2-3-8-19-16/h2-6,8,10,13H,7,9,11H2,1H3. The van der Waals surface area contributed by atoms with Crippen LogP contribution in [-0.2, 0) is 0 Å². The number of hydrogen-bond acceptors (Lipinski definition) is 4. The molecule has 0 saturated carbocycles. The Morgan fingerprint density at radius 2 is 2.22 bits per heavy atom. The van der Waals surface area contributed by atoms with Gasteiger partial charge in [0.25, 0.3) is 5.91 Å². The molecule has 0 aliphatic carbocycles. The molecule has 0 radical (unpaired) electrons. The fourth-order valence-corrected chi connectivity index (χ4v) is 2.79. The second-order valence-electron chi connectivity index (χ2n) is 5.29. The van der Waals surface area contributed by atoms with Crippen LogP contribution in [0.2, 0.25) is 5.02 Å². The third-order valence-corrected chi connectivity index (χ3v) is 3.98. The summed E-state index contributed by atoms with van der Waals surface area (Å²) < 4.78 is 11.1. The minimum Gasteiger partial charge on any atom is -0.496 e. The van der Waals surface area contributed by atoms with Gasteiger partial charge in [0, 0.05) is 30.3 Å². The highest BCUT2D eigenvalue weighted by Gasteiger charge is 2.30. The van der Waals surface area contributed by atoms with E-state index in [4.69, 9.17) is 21.1 Å². The molecule has 0 bridgehead atoms. The van der Waals surface area contributed by atoms with Gasteiger partial charge in [-0.2, -0.15) is 0 Å². The number of ether oxygens (including phenoxy) is 2. The van der Waals surface area contributed by atoms with E-state index in [0.29, 0.717) is 35.3 Å². The number of rotatable bonds is 4. The number of likely N-dealkylation sites (tertiary alicyclic amines) is 1. The summed E-state index contributed by atoms with van der Waals surface area (Å²) in [5.41, 5.74) is 0.471. The number of benzene rings is 1. The zero-order chi connectivity index (χ0) is 16.2. The molecule has 1 aliphatic rings. The van der Waals surface area contributed by atoms with E-state index in [1.165, 1.54) is 7.11 Å². The van der Waals surface area contributed by atoms with Crippen molar-refractivity contribution in [2.24, 2.45) is 0 Å². The molecule has 2 heterocycles. The van der Waals surface area contributed by atoms with Gasteiger partial charge in [0.1, 0.15) is 11.9 Å². The Morgan fingerprint density at radius 3 is 2.96 bits per heavy atom. The van der Waals surface area contributed by atoms with Crippen molar-refractivity contribution in [3.05, 3.63) is 53.2 Å². The van der Waals surface area contributed by atoms with E-state index in [0.717, 1.165) is 6.42 Å². The fraction of sp³-hybridized carbons (Fsp3) is 0.294. The van der Waals surface area contributed by atoms with E-state index in [-0.39, 0.29) is 12.0 Å². The number of hydrogen-bond donors (Lipinski definition) is 0. The van der Waals surface area contributed by atoms with Crippen molar-refractivity contribution in [3.63, 3.8) is 0 Å². The number of aromatic nitrogens is 1. The third-order valence-electron chi connectivity index (χ3n) is 3.75. The second-order valence-corrected chi connectivity index (χ2v) is 5.73. The summed E-state index contributed by atoms with van der Waals surface area (Å²) in [7, 11) is 1.54. The van der Waals surface area contributed by atoms with Crippen LogP contribution in [0.4, 0.5) is 0 Å². The number of carbonyl (C=O) groups excluding carboxylic acids is 1. The van der Waals surface area contributed by atoms with Gasteiger partial charge in [-0.3, -0.25) is 4.79 Å². The topological polar surface area (TPSA) is 51.7 Å². The van der Waals surface area contributed by atoms with E-state index in [1.54, 1.807) is 29.3 Å². The van der Waals surface area contributed by atoms with Crippen LogP contribution < -0.4 is 9.47 Å². The zero-order valence-electron chi connectivity index (χ0n) is 12.7. The van der Waals surface area contributed by atoms with Gasteiger partial charge >= 0.3 is 0 Å². The van der Waals surface area contributed by atoms with Crippen LogP contribution in [0, 0.1) is 0 Å². The highest BCUT2D eigenvalue weighted by Crippen LogP contribution is 2.26. The Labute approximate surface area is 139 Å². The minimum absolute atomic E-state index is 0.0565. The van der Waals surface area contributed by atoms with Gasteiger partial charge in [-0.05, 0) is 24.3 Å². The summed E-state index contributed by atoms with van der Waals surface area (Å²) in [5, 5.41) is 0.509. The summed E-state index contributed by atoms with van der Waals surface area (Å²) in [6, 6.07) is 10.6. The van der Waals surface area contributed by atoms with E-state index >= 15 is 0 Å². The van der Waals surface area contributed by atoms with E-state index < -0.39 is 0 Å². The normalized spacial score (nSPS) is 17.1. The number of nitrogens with zero attached hydrogens (tertiary/aromatic N) is 2. The maximum atomic E-state index is 12.7. The van der Waals surface area contributed by atoms with Crippen LogP contribution in [0.3, 0.4) is 0 Å². The first-order valence-corrected chi connectivity index (χ1v) is 7.75. The SMILES string of the molecule is COc1ccc(Cl)cc1C(=O)N1CCC(Oc2ccccn2)C1. The molecule has 2 aromatic rings. The highest BCUT2D eigenvalue weighted by atomic mass is 35.5. The lowest BCUT2D eigenvalue weighted by molar-refractivity contribution is 0.0768. The van der Waals surface area contributed by atoms with E-state index in [9.17, 15) is 4.79 Å². The number of pyridine rings is 1. The lowest BCUT2D eigenvalue weighted by Crippen LogP contribution is -2.31. The average molecular weight is 333 g/mol. The number of carbonyl (C=O) groups is 1. The number of amides is 1. The number of halogens is 1. The average Bonchev–Trinajstić information content (AvgIpc) is 3.03. The van der Waals surface area contributed by atoms with Gasteiger partial charge in [0.2, 0.25) is 5.88 Å². The molecule has 1 saturated heterocycles. The summed E-state index contributed by atoms with van der Waals surface area (Å²) in [6.45, 7) is 1.15. The molecule has 0 spiro atoms. The van der Waals surface area contributed by atoms with Crippen molar-refractivity contribution < 1.29 is 14.3 Å². The van der Waals surface area contributed by atoms with Crippen LogP contribution in [0.25, 0.3) is 0 Å². The molecule has 23 heavy (non-hydrogen) atoms. The lowest BCUT2D eigenvalue weighted by Gasteiger charge is -2.18. The molecule has 1 atom stereocenters. The van der Waals surface area contributed by atoms with Crippen molar-refractivity contribution >= 4 is 17.5 Å². The van der Waals surface area contributed by atoms with Gasteiger partial charge in [-0.25, -0.2) is 4.98 Å².